The number of aliphatic hydroxyl groups is 1. The summed E-state index contributed by atoms with van der Waals surface area (Å²) in [5, 5.41) is 23.1. The number of hydrogen-bond acceptors (Lipinski definition) is 7. The standard InChI is InChI=1S/C43H59FN4O3/c1-8-12-14-21-43(7,20-13-9-2)27-51-42-46-37-26-35(34-25-31(50)24-29-17-18-36(44)32(10-3)38(29)34)40(45-28(5)6)33(11-4)39(37)41(47-42)48-22-15-16-30(49)19-23-48/h11,17-18,24-26,28,30,49-50H,8-10,12-16,19-23,27H2,1-7H3/b33-11-,45-40?. The van der Waals surface area contributed by atoms with Crippen LogP contribution < -0.4 is 9.64 Å². The molecule has 1 fully saturated rings. The Morgan fingerprint density at radius 2 is 1.82 bits per heavy atom. The van der Waals surface area contributed by atoms with E-state index in [1.54, 1.807) is 18.2 Å². The summed E-state index contributed by atoms with van der Waals surface area (Å²) >= 11 is 0. The van der Waals surface area contributed by atoms with Crippen molar-refractivity contribution in [2.45, 2.75) is 131 Å². The van der Waals surface area contributed by atoms with Crippen molar-refractivity contribution in [2.24, 2.45) is 10.4 Å². The van der Waals surface area contributed by atoms with Gasteiger partial charge in [-0.2, -0.15) is 9.97 Å². The van der Waals surface area contributed by atoms with Crippen molar-refractivity contribution in [3.8, 4) is 11.8 Å². The second kappa shape index (κ2) is 17.2. The Kier molecular flexibility index (Phi) is 12.9. The van der Waals surface area contributed by atoms with E-state index in [1.165, 1.54) is 25.3 Å². The summed E-state index contributed by atoms with van der Waals surface area (Å²) < 4.78 is 22.0. The first kappa shape index (κ1) is 38.5. The maximum atomic E-state index is 15.4. The number of hydrogen-bond donors (Lipinski definition) is 2. The van der Waals surface area contributed by atoms with Crippen LogP contribution in [0.4, 0.5) is 10.2 Å². The summed E-state index contributed by atoms with van der Waals surface area (Å²) in [6.45, 7) is 16.8. The number of phenolic OH excluding ortho intramolecular Hbond substituents is 1. The number of aliphatic imine (C=N–C) groups is 1. The fourth-order valence-electron chi connectivity index (χ4n) is 7.72. The zero-order chi connectivity index (χ0) is 36.7. The van der Waals surface area contributed by atoms with E-state index in [0.717, 1.165) is 84.1 Å². The van der Waals surface area contributed by atoms with Crippen molar-refractivity contribution in [1.82, 2.24) is 9.97 Å². The smallest absolute Gasteiger partial charge is 0.318 e. The number of nitrogens with zero attached hydrogens (tertiary/aromatic N) is 4. The summed E-state index contributed by atoms with van der Waals surface area (Å²) in [6.07, 6.45) is 14.5. The van der Waals surface area contributed by atoms with Gasteiger partial charge >= 0.3 is 6.01 Å². The average molecular weight is 699 g/mol. The van der Waals surface area contributed by atoms with Gasteiger partial charge in [-0.15, -0.1) is 0 Å². The second-order valence-corrected chi connectivity index (χ2v) is 15.1. The monoisotopic (exact) mass is 698 g/mol. The lowest BCUT2D eigenvalue weighted by molar-refractivity contribution is 0.126. The van der Waals surface area contributed by atoms with Gasteiger partial charge in [-0.1, -0.05) is 71.9 Å². The van der Waals surface area contributed by atoms with Gasteiger partial charge in [0.2, 0.25) is 0 Å². The molecule has 0 bridgehead atoms. The lowest BCUT2D eigenvalue weighted by Crippen LogP contribution is -2.30. The molecule has 2 N–H and O–H groups in total. The Balaban J connectivity index is 1.74. The molecule has 8 heteroatoms. The molecule has 2 aliphatic rings. The molecular weight excluding hydrogens is 639 g/mol. The predicted molar refractivity (Wildman–Crippen MR) is 210 cm³/mol. The number of anilines is 1. The molecule has 1 aliphatic carbocycles. The molecule has 1 aliphatic heterocycles. The molecule has 0 saturated carbocycles. The molecule has 2 atom stereocenters. The van der Waals surface area contributed by atoms with Crippen LogP contribution in [-0.2, 0) is 6.42 Å². The number of aromatic hydroxyl groups is 1. The lowest BCUT2D eigenvalue weighted by atomic mass is 9.81. The highest BCUT2D eigenvalue weighted by molar-refractivity contribution is 6.50. The molecule has 51 heavy (non-hydrogen) atoms. The quantitative estimate of drug-likeness (QED) is 0.163. The molecule has 7 nitrogen and oxygen atoms in total. The Bertz CT molecular complexity index is 1780. The molecule has 1 aromatic heterocycles. The Labute approximate surface area is 304 Å². The molecule has 2 heterocycles. The fourth-order valence-corrected chi connectivity index (χ4v) is 7.72. The Morgan fingerprint density at radius 3 is 2.53 bits per heavy atom. The maximum Gasteiger partial charge on any atom is 0.318 e. The van der Waals surface area contributed by atoms with Crippen molar-refractivity contribution in [2.75, 3.05) is 24.6 Å². The van der Waals surface area contributed by atoms with E-state index in [2.05, 4.69) is 31.7 Å². The summed E-state index contributed by atoms with van der Waals surface area (Å²) in [5.74, 6) is 0.621. The first-order chi connectivity index (χ1) is 24.5. The molecule has 276 valence electrons. The molecule has 5 rings (SSSR count). The largest absolute Gasteiger partial charge is 0.508 e. The normalized spacial score (nSPS) is 19.4. The molecule has 3 aromatic rings. The van der Waals surface area contributed by atoms with Crippen molar-refractivity contribution in [3.05, 3.63) is 58.5 Å². The predicted octanol–water partition coefficient (Wildman–Crippen LogP) is 10.4. The molecule has 0 amide bonds. The summed E-state index contributed by atoms with van der Waals surface area (Å²) in [5.41, 5.74) is 5.34. The van der Waals surface area contributed by atoms with Crippen molar-refractivity contribution >= 4 is 39.5 Å². The van der Waals surface area contributed by atoms with Crippen LogP contribution in [0.5, 0.6) is 11.8 Å². The minimum atomic E-state index is -0.344. The van der Waals surface area contributed by atoms with E-state index in [0.29, 0.717) is 48.8 Å². The minimum absolute atomic E-state index is 0.00496. The first-order valence-electron chi connectivity index (χ1n) is 19.4. The highest BCUT2D eigenvalue weighted by atomic mass is 19.1. The molecule has 0 spiro atoms. The number of fused-ring (bicyclic) bond motifs is 2. The third kappa shape index (κ3) is 8.82. The minimum Gasteiger partial charge on any atom is -0.508 e. The zero-order valence-corrected chi connectivity index (χ0v) is 32.0. The van der Waals surface area contributed by atoms with Gasteiger partial charge in [0.1, 0.15) is 17.4 Å². The van der Waals surface area contributed by atoms with Gasteiger partial charge in [-0.25, -0.2) is 4.39 Å². The molecule has 1 saturated heterocycles. The summed E-state index contributed by atoms with van der Waals surface area (Å²) in [6, 6.07) is 6.93. The van der Waals surface area contributed by atoms with Gasteiger partial charge in [-0.3, -0.25) is 4.99 Å². The number of rotatable bonds is 14. The van der Waals surface area contributed by atoms with E-state index in [4.69, 9.17) is 19.7 Å². The molecular formula is C43H59FN4O3. The van der Waals surface area contributed by atoms with Gasteiger partial charge in [0, 0.05) is 35.7 Å². The number of aryl methyl sites for hydroxylation is 1. The topological polar surface area (TPSA) is 91.1 Å². The van der Waals surface area contributed by atoms with Crippen LogP contribution in [0.1, 0.15) is 135 Å². The molecule has 2 unspecified atom stereocenters. The van der Waals surface area contributed by atoms with E-state index in [9.17, 15) is 10.2 Å². The number of aliphatic hydroxyl groups excluding tert-OH is 1. The second-order valence-electron chi connectivity index (χ2n) is 15.1. The molecule has 0 radical (unpaired) electrons. The SMILES string of the molecule is C/C=C1\C(=NC(C)C)C(c2cc(O)cc3ccc(F)c(CC)c23)=Cc2nc(OCC(C)(CCCC)CCCCC)nc(N3CCCC(O)CC3)c21. The van der Waals surface area contributed by atoms with Crippen LogP contribution >= 0.6 is 0 Å². The van der Waals surface area contributed by atoms with E-state index >= 15 is 4.39 Å². The van der Waals surface area contributed by atoms with Crippen LogP contribution in [0, 0.1) is 11.2 Å². The van der Waals surface area contributed by atoms with Gasteiger partial charge in [0.05, 0.1) is 29.7 Å². The number of benzene rings is 2. The molecule has 2 aromatic carbocycles. The third-order valence-corrected chi connectivity index (χ3v) is 10.5. The van der Waals surface area contributed by atoms with Crippen molar-refractivity contribution in [3.63, 3.8) is 0 Å². The zero-order valence-electron chi connectivity index (χ0n) is 32.0. The number of allylic oxidation sites excluding steroid dienone is 3. The van der Waals surface area contributed by atoms with Crippen LogP contribution in [0.2, 0.25) is 0 Å². The number of halogens is 1. The van der Waals surface area contributed by atoms with Crippen LogP contribution in [0.15, 0.2) is 35.3 Å². The Morgan fingerprint density at radius 1 is 1.06 bits per heavy atom. The van der Waals surface area contributed by atoms with Crippen LogP contribution in [0.25, 0.3) is 28.0 Å². The van der Waals surface area contributed by atoms with Gasteiger partial charge in [0.25, 0.3) is 0 Å². The van der Waals surface area contributed by atoms with E-state index in [-0.39, 0.29) is 29.1 Å². The fraction of sp³-hybridized carbons (Fsp3) is 0.558. The van der Waals surface area contributed by atoms with Gasteiger partial charge < -0.3 is 19.8 Å². The van der Waals surface area contributed by atoms with Crippen LogP contribution in [-0.4, -0.2) is 57.7 Å². The van der Waals surface area contributed by atoms with E-state index < -0.39 is 0 Å². The number of phenols is 1. The van der Waals surface area contributed by atoms with Crippen molar-refractivity contribution in [1.29, 1.82) is 0 Å². The van der Waals surface area contributed by atoms with Crippen LogP contribution in [0.3, 0.4) is 0 Å². The Hall–Kier alpha value is -3.78. The number of ether oxygens (including phenoxy) is 1. The summed E-state index contributed by atoms with van der Waals surface area (Å²) in [4.78, 5) is 17.7. The summed E-state index contributed by atoms with van der Waals surface area (Å²) in [7, 11) is 0. The van der Waals surface area contributed by atoms with E-state index in [1.807, 2.05) is 33.8 Å². The van der Waals surface area contributed by atoms with Gasteiger partial charge in [-0.05, 0) is 105 Å². The first-order valence-corrected chi connectivity index (χ1v) is 19.4. The highest BCUT2D eigenvalue weighted by Gasteiger charge is 2.33. The highest BCUT2D eigenvalue weighted by Crippen LogP contribution is 2.44. The lowest BCUT2D eigenvalue weighted by Gasteiger charge is -2.32. The maximum absolute atomic E-state index is 15.4. The van der Waals surface area contributed by atoms with Crippen molar-refractivity contribution < 1.29 is 19.3 Å². The third-order valence-electron chi connectivity index (χ3n) is 10.5. The van der Waals surface area contributed by atoms with Gasteiger partial charge in [0.15, 0.2) is 0 Å². The number of unbranched alkanes of at least 4 members (excludes halogenated alkanes) is 3. The average Bonchev–Trinajstić information content (AvgIpc) is 3.33. The number of aromatic nitrogens is 2.